The molecule has 16 heavy (non-hydrogen) atoms. The Morgan fingerprint density at radius 1 is 1.31 bits per heavy atom. The zero-order valence-corrected chi connectivity index (χ0v) is 9.61. The third-order valence-electron chi connectivity index (χ3n) is 2.90. The van der Waals surface area contributed by atoms with Gasteiger partial charge in [-0.1, -0.05) is 23.7 Å². The Morgan fingerprint density at radius 3 is 2.56 bits per heavy atom. The van der Waals surface area contributed by atoms with Crippen LogP contribution in [0.25, 0.3) is 0 Å². The standard InChI is InChI=1S/C12H14ClF2N/c13-10-3-1-9(2-4-10)7-11-5-6-12(14,15)8-16-11/h1-4,11,16H,5-8H2. The van der Waals surface area contributed by atoms with E-state index >= 15 is 0 Å². The van der Waals surface area contributed by atoms with Crippen LogP contribution in [0, 0.1) is 0 Å². The van der Waals surface area contributed by atoms with Crippen molar-refractivity contribution in [3.63, 3.8) is 0 Å². The number of rotatable bonds is 2. The number of hydrogen-bond acceptors (Lipinski definition) is 1. The Morgan fingerprint density at radius 2 is 2.00 bits per heavy atom. The van der Waals surface area contributed by atoms with E-state index in [0.29, 0.717) is 11.4 Å². The van der Waals surface area contributed by atoms with Crippen molar-refractivity contribution in [2.24, 2.45) is 0 Å². The lowest BCUT2D eigenvalue weighted by Gasteiger charge is -2.29. The maximum Gasteiger partial charge on any atom is 0.260 e. The Hall–Kier alpha value is -0.670. The maximum atomic E-state index is 12.9. The Bertz CT molecular complexity index is 341. The van der Waals surface area contributed by atoms with Gasteiger partial charge in [0.1, 0.15) is 0 Å². The smallest absolute Gasteiger partial charge is 0.260 e. The van der Waals surface area contributed by atoms with Crippen LogP contribution in [-0.2, 0) is 6.42 Å². The minimum absolute atomic E-state index is 0.0156. The van der Waals surface area contributed by atoms with Gasteiger partial charge >= 0.3 is 0 Å². The molecule has 1 aromatic carbocycles. The van der Waals surface area contributed by atoms with Crippen molar-refractivity contribution in [2.75, 3.05) is 6.54 Å². The van der Waals surface area contributed by atoms with E-state index in [0.717, 1.165) is 12.0 Å². The number of halogens is 3. The van der Waals surface area contributed by atoms with Gasteiger partial charge in [-0.05, 0) is 30.5 Å². The fourth-order valence-corrected chi connectivity index (χ4v) is 2.07. The molecule has 1 heterocycles. The molecule has 2 rings (SSSR count). The van der Waals surface area contributed by atoms with Gasteiger partial charge in [-0.2, -0.15) is 0 Å². The number of nitrogens with one attached hydrogen (secondary N) is 1. The molecular weight excluding hydrogens is 232 g/mol. The van der Waals surface area contributed by atoms with Crippen molar-refractivity contribution in [2.45, 2.75) is 31.2 Å². The quantitative estimate of drug-likeness (QED) is 0.843. The van der Waals surface area contributed by atoms with Crippen LogP contribution in [0.1, 0.15) is 18.4 Å². The molecule has 1 fully saturated rings. The second-order valence-corrected chi connectivity index (χ2v) is 4.74. The first-order valence-electron chi connectivity index (χ1n) is 5.41. The summed E-state index contributed by atoms with van der Waals surface area (Å²) in [6, 6.07) is 7.69. The molecule has 1 aliphatic heterocycles. The van der Waals surface area contributed by atoms with Crippen LogP contribution in [0.4, 0.5) is 8.78 Å². The second-order valence-electron chi connectivity index (χ2n) is 4.30. The van der Waals surface area contributed by atoms with Gasteiger partial charge in [0.05, 0.1) is 6.54 Å². The Balaban J connectivity index is 1.89. The summed E-state index contributed by atoms with van der Waals surface area (Å²) in [6.45, 7) is -0.203. The zero-order chi connectivity index (χ0) is 11.6. The molecule has 0 spiro atoms. The van der Waals surface area contributed by atoms with Gasteiger partial charge in [0.25, 0.3) is 5.92 Å². The predicted octanol–water partition coefficient (Wildman–Crippen LogP) is 3.27. The molecule has 1 nitrogen and oxygen atoms in total. The number of alkyl halides is 2. The minimum Gasteiger partial charge on any atom is -0.308 e. The molecule has 0 aliphatic carbocycles. The average molecular weight is 246 g/mol. The van der Waals surface area contributed by atoms with Crippen molar-refractivity contribution in [3.05, 3.63) is 34.9 Å². The normalized spacial score (nSPS) is 24.3. The molecule has 0 aromatic heterocycles. The van der Waals surface area contributed by atoms with Gasteiger partial charge in [-0.3, -0.25) is 0 Å². The highest BCUT2D eigenvalue weighted by molar-refractivity contribution is 6.30. The molecule has 0 saturated carbocycles. The highest BCUT2D eigenvalue weighted by Crippen LogP contribution is 2.25. The van der Waals surface area contributed by atoms with E-state index in [1.54, 1.807) is 0 Å². The van der Waals surface area contributed by atoms with Crippen LogP contribution >= 0.6 is 11.6 Å². The summed E-state index contributed by atoms with van der Waals surface area (Å²) in [5, 5.41) is 3.59. The Labute approximate surface area is 98.8 Å². The van der Waals surface area contributed by atoms with Crippen LogP contribution in [0.2, 0.25) is 5.02 Å². The highest BCUT2D eigenvalue weighted by Gasteiger charge is 2.34. The average Bonchev–Trinajstić information content (AvgIpc) is 2.24. The number of piperidine rings is 1. The van der Waals surface area contributed by atoms with Crippen LogP contribution in [0.15, 0.2) is 24.3 Å². The summed E-state index contributed by atoms with van der Waals surface area (Å²) in [6.07, 6.45) is 1.29. The van der Waals surface area contributed by atoms with Crippen molar-refractivity contribution in [1.82, 2.24) is 5.32 Å². The largest absolute Gasteiger partial charge is 0.308 e. The summed E-state index contributed by atoms with van der Waals surface area (Å²) in [4.78, 5) is 0. The van der Waals surface area contributed by atoms with Crippen molar-refractivity contribution in [3.8, 4) is 0 Å². The number of benzene rings is 1. The van der Waals surface area contributed by atoms with Crippen molar-refractivity contribution < 1.29 is 8.78 Å². The zero-order valence-electron chi connectivity index (χ0n) is 8.85. The van der Waals surface area contributed by atoms with Crippen LogP contribution in [-0.4, -0.2) is 18.5 Å². The summed E-state index contributed by atoms with van der Waals surface area (Å²) in [5.41, 5.74) is 1.13. The SMILES string of the molecule is FC1(F)CCC(Cc2ccc(Cl)cc2)NC1. The molecule has 0 bridgehead atoms. The second kappa shape index (κ2) is 4.68. The molecule has 1 aromatic rings. The van der Waals surface area contributed by atoms with E-state index in [2.05, 4.69) is 5.32 Å². The van der Waals surface area contributed by atoms with Gasteiger partial charge in [-0.25, -0.2) is 8.78 Å². The van der Waals surface area contributed by atoms with E-state index in [-0.39, 0.29) is 19.0 Å². The van der Waals surface area contributed by atoms with Gasteiger partial charge in [0.2, 0.25) is 0 Å². The topological polar surface area (TPSA) is 12.0 Å². The minimum atomic E-state index is -2.53. The van der Waals surface area contributed by atoms with E-state index < -0.39 is 5.92 Å². The van der Waals surface area contributed by atoms with Crippen LogP contribution in [0.5, 0.6) is 0 Å². The third kappa shape index (κ3) is 3.16. The van der Waals surface area contributed by atoms with E-state index in [1.807, 2.05) is 24.3 Å². The maximum absolute atomic E-state index is 12.9. The fourth-order valence-electron chi connectivity index (χ4n) is 1.95. The first-order chi connectivity index (χ1) is 7.55. The molecule has 88 valence electrons. The lowest BCUT2D eigenvalue weighted by atomic mass is 9.96. The first-order valence-corrected chi connectivity index (χ1v) is 5.79. The molecule has 1 atom stereocenters. The molecule has 1 unspecified atom stereocenters. The van der Waals surface area contributed by atoms with Crippen LogP contribution < -0.4 is 5.32 Å². The fraction of sp³-hybridized carbons (Fsp3) is 0.500. The number of hydrogen-bond donors (Lipinski definition) is 1. The third-order valence-corrected chi connectivity index (χ3v) is 3.16. The molecular formula is C12H14ClF2N. The van der Waals surface area contributed by atoms with Gasteiger partial charge in [0, 0.05) is 17.5 Å². The highest BCUT2D eigenvalue weighted by atomic mass is 35.5. The lowest BCUT2D eigenvalue weighted by Crippen LogP contribution is -2.46. The first kappa shape index (κ1) is 11.8. The van der Waals surface area contributed by atoms with Crippen molar-refractivity contribution >= 4 is 11.6 Å². The lowest BCUT2D eigenvalue weighted by molar-refractivity contribution is -0.0299. The molecule has 1 aliphatic rings. The van der Waals surface area contributed by atoms with E-state index in [9.17, 15) is 8.78 Å². The Kier molecular flexibility index (Phi) is 3.45. The van der Waals surface area contributed by atoms with Gasteiger partial charge in [0.15, 0.2) is 0 Å². The molecule has 0 amide bonds. The van der Waals surface area contributed by atoms with E-state index in [1.165, 1.54) is 0 Å². The molecule has 4 heteroatoms. The summed E-state index contributed by atoms with van der Waals surface area (Å²) >= 11 is 5.78. The van der Waals surface area contributed by atoms with E-state index in [4.69, 9.17) is 11.6 Å². The predicted molar refractivity (Wildman–Crippen MR) is 61.1 cm³/mol. The summed E-state index contributed by atoms with van der Waals surface area (Å²) < 4.78 is 25.8. The molecule has 1 saturated heterocycles. The monoisotopic (exact) mass is 245 g/mol. The molecule has 1 N–H and O–H groups in total. The van der Waals surface area contributed by atoms with Gasteiger partial charge in [-0.15, -0.1) is 0 Å². The van der Waals surface area contributed by atoms with Gasteiger partial charge < -0.3 is 5.32 Å². The molecule has 0 radical (unpaired) electrons. The summed E-state index contributed by atoms with van der Waals surface area (Å²) in [5.74, 6) is -2.53. The van der Waals surface area contributed by atoms with Crippen LogP contribution in [0.3, 0.4) is 0 Å². The summed E-state index contributed by atoms with van der Waals surface area (Å²) in [7, 11) is 0. The van der Waals surface area contributed by atoms with Crippen molar-refractivity contribution in [1.29, 1.82) is 0 Å².